The molecule has 0 aromatic rings. The fourth-order valence-corrected chi connectivity index (χ4v) is 1.24. The van der Waals surface area contributed by atoms with Crippen molar-refractivity contribution in [3.8, 4) is 6.07 Å². The molecule has 0 bridgehead atoms. The maximum atomic E-state index is 12.0. The summed E-state index contributed by atoms with van der Waals surface area (Å²) in [6.07, 6.45) is -1.62. The van der Waals surface area contributed by atoms with Gasteiger partial charge in [-0.15, -0.1) is 0 Å². The van der Waals surface area contributed by atoms with Crippen molar-refractivity contribution in [2.24, 2.45) is 0 Å². The van der Waals surface area contributed by atoms with Crippen molar-refractivity contribution >= 4 is 6.98 Å². The summed E-state index contributed by atoms with van der Waals surface area (Å²) in [5.74, 6) is 0. The summed E-state index contributed by atoms with van der Waals surface area (Å²) in [4.78, 5) is 1.21. The molecule has 1 atom stereocenters. The van der Waals surface area contributed by atoms with Crippen molar-refractivity contribution < 1.29 is 69.1 Å². The van der Waals surface area contributed by atoms with E-state index in [9.17, 15) is 12.9 Å². The third-order valence-corrected chi connectivity index (χ3v) is 1.76. The van der Waals surface area contributed by atoms with Crippen LogP contribution >= 0.6 is 0 Å². The smallest absolute Gasteiger partial charge is 0.448 e. The van der Waals surface area contributed by atoms with Gasteiger partial charge in [-0.25, -0.2) is 0 Å². The predicted molar refractivity (Wildman–Crippen MR) is 40.9 cm³/mol. The summed E-state index contributed by atoms with van der Waals surface area (Å²) in [5, 5.41) is 8.43. The van der Waals surface area contributed by atoms with Crippen LogP contribution in [0.3, 0.4) is 0 Å². The minimum absolute atomic E-state index is 0. The fraction of sp³-hybridized carbons (Fsp3) is 0.833. The van der Waals surface area contributed by atoms with Gasteiger partial charge in [0.05, 0.1) is 12.7 Å². The number of halogens is 3. The summed E-state index contributed by atoms with van der Waals surface area (Å²) in [7, 11) is 0. The molecule has 0 N–H and O–H groups in total. The van der Waals surface area contributed by atoms with Crippen molar-refractivity contribution in [2.75, 3.05) is 26.1 Å². The number of rotatable bonds is 2. The molecular weight excluding hydrogens is 223 g/mol. The largest absolute Gasteiger partial charge is 1.00 e. The zero-order valence-electron chi connectivity index (χ0n) is 7.92. The molecule has 0 aromatic carbocycles. The Hall–Kier alpha value is 0.901. The van der Waals surface area contributed by atoms with E-state index in [1.165, 1.54) is 4.90 Å². The van der Waals surface area contributed by atoms with E-state index < -0.39 is 19.5 Å². The Morgan fingerprint density at radius 1 is 1.50 bits per heavy atom. The van der Waals surface area contributed by atoms with E-state index in [2.05, 4.69) is 0 Å². The van der Waals surface area contributed by atoms with Gasteiger partial charge in [0.1, 0.15) is 0 Å². The molecule has 8 heteroatoms. The van der Waals surface area contributed by atoms with E-state index in [1.54, 1.807) is 6.07 Å². The van der Waals surface area contributed by atoms with Crippen LogP contribution in [-0.4, -0.2) is 44.1 Å². The van der Waals surface area contributed by atoms with Crippen molar-refractivity contribution in [1.82, 2.24) is 4.90 Å². The van der Waals surface area contributed by atoms with Crippen LogP contribution in [0.5, 0.6) is 0 Å². The molecule has 74 valence electrons. The van der Waals surface area contributed by atoms with Crippen LogP contribution in [0.2, 0.25) is 0 Å². The van der Waals surface area contributed by atoms with Gasteiger partial charge >= 0.3 is 58.4 Å². The van der Waals surface area contributed by atoms with Crippen molar-refractivity contribution in [3.05, 3.63) is 0 Å². The summed E-state index contributed by atoms with van der Waals surface area (Å²) < 4.78 is 40.8. The Morgan fingerprint density at radius 2 is 2.14 bits per heavy atom. The minimum Gasteiger partial charge on any atom is -0.448 e. The van der Waals surface area contributed by atoms with Crippen molar-refractivity contribution in [2.45, 2.75) is 6.10 Å². The molecule has 0 spiro atoms. The van der Waals surface area contributed by atoms with E-state index >= 15 is 0 Å². The summed E-state index contributed by atoms with van der Waals surface area (Å²) in [6.45, 7) is -4.29. The van der Waals surface area contributed by atoms with Crippen LogP contribution in [0.4, 0.5) is 12.9 Å². The van der Waals surface area contributed by atoms with E-state index in [4.69, 9.17) is 10.00 Å². The first-order valence-corrected chi connectivity index (χ1v) is 3.96. The second-order valence-corrected chi connectivity index (χ2v) is 2.96. The van der Waals surface area contributed by atoms with Crippen LogP contribution < -0.4 is 51.4 Å². The van der Waals surface area contributed by atoms with E-state index in [0.717, 1.165) is 0 Å². The standard InChI is InChI=1S/C6H9BF3N2O.K/c8-7(9,10)5-12-1-2-13-6(3-11)4-12;/h6H,1-2,4-5H2;/q-1;+1. The molecule has 0 saturated carbocycles. The van der Waals surface area contributed by atoms with Crippen LogP contribution in [0.25, 0.3) is 0 Å². The average molecular weight is 232 g/mol. The number of morpholine rings is 1. The van der Waals surface area contributed by atoms with Gasteiger partial charge in [0.15, 0.2) is 6.10 Å². The van der Waals surface area contributed by atoms with Gasteiger partial charge in [-0.3, -0.25) is 0 Å². The van der Waals surface area contributed by atoms with Crippen molar-refractivity contribution in [3.63, 3.8) is 0 Å². The number of hydrogen-bond acceptors (Lipinski definition) is 3. The first kappa shape index (κ1) is 14.9. The van der Waals surface area contributed by atoms with Crippen molar-refractivity contribution in [1.29, 1.82) is 5.26 Å². The number of hydrogen-bond donors (Lipinski definition) is 0. The zero-order chi connectivity index (χ0) is 9.90. The number of nitriles is 1. The first-order valence-electron chi connectivity index (χ1n) is 3.96. The third kappa shape index (κ3) is 5.70. The Morgan fingerprint density at radius 3 is 2.64 bits per heavy atom. The maximum Gasteiger partial charge on any atom is 1.00 e. The molecule has 1 heterocycles. The molecule has 1 rings (SSSR count). The molecule has 0 aromatic heterocycles. The van der Waals surface area contributed by atoms with Crippen LogP contribution in [-0.2, 0) is 4.74 Å². The number of nitrogens with zero attached hydrogens (tertiary/aromatic N) is 2. The second kappa shape index (κ2) is 6.48. The Kier molecular flexibility index (Phi) is 6.89. The zero-order valence-corrected chi connectivity index (χ0v) is 11.0. The molecule has 1 saturated heterocycles. The van der Waals surface area contributed by atoms with Gasteiger partial charge in [-0.1, -0.05) is 0 Å². The van der Waals surface area contributed by atoms with Gasteiger partial charge in [0.2, 0.25) is 0 Å². The molecule has 1 fully saturated rings. The quantitative estimate of drug-likeness (QED) is 0.498. The number of ether oxygens (including phenoxy) is 1. The average Bonchev–Trinajstić information content (AvgIpc) is 2.01. The van der Waals surface area contributed by atoms with Crippen LogP contribution in [0.1, 0.15) is 0 Å². The van der Waals surface area contributed by atoms with Crippen LogP contribution in [0.15, 0.2) is 0 Å². The van der Waals surface area contributed by atoms with Gasteiger partial charge in [-0.05, 0) is 6.44 Å². The molecule has 0 radical (unpaired) electrons. The Balaban J connectivity index is 0.00000169. The molecule has 1 aliphatic rings. The second-order valence-electron chi connectivity index (χ2n) is 2.96. The molecule has 1 aliphatic heterocycles. The first-order chi connectivity index (χ1) is 6.01. The Labute approximate surface area is 123 Å². The topological polar surface area (TPSA) is 36.3 Å². The van der Waals surface area contributed by atoms with Crippen LogP contribution in [0, 0.1) is 11.3 Å². The van der Waals surface area contributed by atoms with Gasteiger partial charge in [0.25, 0.3) is 0 Å². The molecular formula is C6H9BF3KN2O. The van der Waals surface area contributed by atoms with Gasteiger partial charge in [-0.2, -0.15) is 5.26 Å². The van der Waals surface area contributed by atoms with Gasteiger partial charge < -0.3 is 22.6 Å². The molecule has 0 amide bonds. The summed E-state index contributed by atoms with van der Waals surface area (Å²) in [6, 6.07) is 1.80. The van der Waals surface area contributed by atoms with E-state index in [-0.39, 0.29) is 71.1 Å². The SMILES string of the molecule is N#CC1CN(C[B-](F)(F)F)CCO1.[K+]. The summed E-state index contributed by atoms with van der Waals surface area (Å²) >= 11 is 0. The van der Waals surface area contributed by atoms with E-state index in [0.29, 0.717) is 0 Å². The third-order valence-electron chi connectivity index (χ3n) is 1.76. The monoisotopic (exact) mass is 232 g/mol. The summed E-state index contributed by atoms with van der Waals surface area (Å²) in [5.41, 5.74) is 0. The normalized spacial score (nSPS) is 23.7. The minimum atomic E-state index is -4.80. The maximum absolute atomic E-state index is 12.0. The van der Waals surface area contributed by atoms with E-state index in [1.807, 2.05) is 0 Å². The predicted octanol–water partition coefficient (Wildman–Crippen LogP) is -2.40. The molecule has 14 heavy (non-hydrogen) atoms. The molecule has 3 nitrogen and oxygen atoms in total. The fourth-order valence-electron chi connectivity index (χ4n) is 1.24. The van der Waals surface area contributed by atoms with Gasteiger partial charge in [0, 0.05) is 13.1 Å². The molecule has 1 unspecified atom stereocenters. The Bertz CT molecular complexity index is 220. The molecule has 0 aliphatic carbocycles.